The third-order valence-electron chi connectivity index (χ3n) is 4.93. The number of halogens is 3. The molecule has 34 heavy (non-hydrogen) atoms. The van der Waals surface area contributed by atoms with Crippen LogP contribution in [0.4, 0.5) is 23.7 Å². The Hall–Kier alpha value is -3.93. The van der Waals surface area contributed by atoms with E-state index in [1.165, 1.54) is 22.9 Å². The quantitative estimate of drug-likeness (QED) is 0.350. The normalized spacial score (nSPS) is 12.4. The van der Waals surface area contributed by atoms with Crippen molar-refractivity contribution in [3.8, 4) is 11.5 Å². The van der Waals surface area contributed by atoms with Crippen LogP contribution in [0, 0.1) is 0 Å². The van der Waals surface area contributed by atoms with E-state index >= 15 is 0 Å². The van der Waals surface area contributed by atoms with E-state index < -0.39 is 18.2 Å². The molecule has 0 spiro atoms. The Balaban J connectivity index is 1.63. The number of anilines is 1. The van der Waals surface area contributed by atoms with Crippen molar-refractivity contribution in [1.82, 2.24) is 15.3 Å². The van der Waals surface area contributed by atoms with E-state index in [0.717, 1.165) is 10.3 Å². The lowest BCUT2D eigenvalue weighted by Gasteiger charge is -2.17. The van der Waals surface area contributed by atoms with Gasteiger partial charge in [-0.1, -0.05) is 37.3 Å². The van der Waals surface area contributed by atoms with Crippen molar-refractivity contribution in [2.75, 3.05) is 5.32 Å². The number of hydrogen-bond donors (Lipinski definition) is 3. The van der Waals surface area contributed by atoms with Gasteiger partial charge in [-0.3, -0.25) is 0 Å². The third-order valence-corrected chi connectivity index (χ3v) is 5.51. The first kappa shape index (κ1) is 23.2. The molecule has 0 aliphatic rings. The summed E-state index contributed by atoms with van der Waals surface area (Å²) in [5, 5.41) is 7.12. The van der Waals surface area contributed by atoms with Crippen LogP contribution in [0.5, 0.6) is 0 Å². The maximum atomic E-state index is 12.9. The molecule has 4 aromatic rings. The molecule has 176 valence electrons. The number of thiazole rings is 1. The molecule has 0 bridgehead atoms. The highest BCUT2D eigenvalue weighted by Gasteiger charge is 2.44. The number of nitrogens with one attached hydrogen (secondary N) is 3. The van der Waals surface area contributed by atoms with Gasteiger partial charge >= 0.3 is 24.0 Å². The number of amides is 2. The summed E-state index contributed by atoms with van der Waals surface area (Å²) in [7, 11) is 0. The molecule has 0 aliphatic carbocycles. The van der Waals surface area contributed by atoms with Crippen LogP contribution in [-0.2, 0) is 4.79 Å². The summed E-state index contributed by atoms with van der Waals surface area (Å²) in [5.41, 5.74) is 3.48. The van der Waals surface area contributed by atoms with Crippen LogP contribution in [0.1, 0.15) is 24.9 Å². The van der Waals surface area contributed by atoms with Crippen LogP contribution in [-0.4, -0.2) is 28.1 Å². The topological polar surface area (TPSA) is 100.0 Å². The fourth-order valence-corrected chi connectivity index (χ4v) is 3.88. The van der Waals surface area contributed by atoms with Gasteiger partial charge < -0.3 is 10.6 Å². The second kappa shape index (κ2) is 9.51. The van der Waals surface area contributed by atoms with Crippen LogP contribution in [0.3, 0.4) is 0 Å². The van der Waals surface area contributed by atoms with Crippen LogP contribution in [0.25, 0.3) is 22.6 Å². The zero-order valence-electron chi connectivity index (χ0n) is 17.7. The minimum Gasteiger partial charge on any atom is -0.331 e. The molecule has 1 atom stereocenters. The van der Waals surface area contributed by atoms with Crippen molar-refractivity contribution >= 4 is 40.1 Å². The average Bonchev–Trinajstić information content (AvgIpc) is 3.46. The number of aromatic nitrogens is 3. The van der Waals surface area contributed by atoms with E-state index in [9.17, 15) is 22.8 Å². The Morgan fingerprint density at radius 2 is 1.97 bits per heavy atom. The molecule has 0 saturated heterocycles. The number of urea groups is 1. The summed E-state index contributed by atoms with van der Waals surface area (Å²) in [4.78, 5) is 35.8. The van der Waals surface area contributed by atoms with Crippen LogP contribution < -0.4 is 20.2 Å². The minimum absolute atomic E-state index is 0.0468. The Bertz CT molecular complexity index is 1310. The zero-order chi connectivity index (χ0) is 24.3. The fourth-order valence-electron chi connectivity index (χ4n) is 3.34. The number of hydrogen-bond acceptors (Lipinski definition) is 5. The van der Waals surface area contributed by atoms with Crippen molar-refractivity contribution in [3.05, 3.63) is 65.0 Å². The van der Waals surface area contributed by atoms with Crippen LogP contribution >= 0.6 is 11.3 Å². The number of nitrogens with zero attached hydrogens (tertiary/aromatic N) is 2. The first-order valence-corrected chi connectivity index (χ1v) is 11.1. The van der Waals surface area contributed by atoms with Crippen molar-refractivity contribution in [1.29, 1.82) is 0 Å². The average molecular weight is 490 g/mol. The number of H-pyrrole nitrogens is 1. The molecule has 4 rings (SSSR count). The third kappa shape index (κ3) is 5.01. The molecule has 0 unspecified atom stereocenters. The molecule has 3 N–H and O–H groups in total. The lowest BCUT2D eigenvalue weighted by Crippen LogP contribution is -2.51. The van der Waals surface area contributed by atoms with E-state index in [4.69, 9.17) is 0 Å². The van der Waals surface area contributed by atoms with Gasteiger partial charge in [0.15, 0.2) is 11.2 Å². The first-order chi connectivity index (χ1) is 16.3. The van der Waals surface area contributed by atoms with Gasteiger partial charge in [-0.2, -0.15) is 13.2 Å². The molecule has 0 aliphatic heterocycles. The lowest BCUT2D eigenvalue weighted by atomic mass is 10.1. The summed E-state index contributed by atoms with van der Waals surface area (Å²) in [6.45, 7) is 1.93. The van der Waals surface area contributed by atoms with E-state index in [0.29, 0.717) is 11.9 Å². The Morgan fingerprint density at radius 1 is 1.21 bits per heavy atom. The second-order valence-electron chi connectivity index (χ2n) is 7.22. The molecule has 0 saturated carbocycles. The van der Waals surface area contributed by atoms with Gasteiger partial charge in [-0.25, -0.2) is 24.4 Å². The molecular formula is C22H19F3N5O3S+. The van der Waals surface area contributed by atoms with Crippen LogP contribution in [0.2, 0.25) is 0 Å². The van der Waals surface area contributed by atoms with Gasteiger partial charge in [0.1, 0.15) is 0 Å². The largest absolute Gasteiger partial charge is 0.495 e. The Kier molecular flexibility index (Phi) is 6.50. The number of carbonyl (C=O) groups is 2. The number of alkyl halides is 3. The Labute approximate surface area is 195 Å². The summed E-state index contributed by atoms with van der Waals surface area (Å²) in [5.74, 6) is -2.34. The summed E-state index contributed by atoms with van der Waals surface area (Å²) >= 11 is 1.22. The van der Waals surface area contributed by atoms with E-state index in [1.54, 1.807) is 17.5 Å². The zero-order valence-corrected chi connectivity index (χ0v) is 18.5. The van der Waals surface area contributed by atoms with Crippen LogP contribution in [0.15, 0.2) is 59.4 Å². The lowest BCUT2D eigenvalue weighted by molar-refractivity contribution is -0.841. The number of fused-ring (bicyclic) bond motifs is 1. The number of imidazole rings is 1. The first-order valence-electron chi connectivity index (χ1n) is 10.1. The predicted molar refractivity (Wildman–Crippen MR) is 119 cm³/mol. The van der Waals surface area contributed by atoms with Gasteiger partial charge in [0.2, 0.25) is 5.52 Å². The number of benzene rings is 2. The Morgan fingerprint density at radius 3 is 2.62 bits per heavy atom. The molecular weight excluding hydrogens is 471 g/mol. The molecule has 8 nitrogen and oxygen atoms in total. The minimum atomic E-state index is -5.20. The second-order valence-corrected chi connectivity index (χ2v) is 7.94. The standard InChI is InChI=1S/C22H18F3N5O3S/c1-2-15(13-6-4-3-5-7-13)29-21(32)27-14-8-9-16-18(10-14)30(33-20(31)22(23,24)25)19(28-16)17-11-34-12-26-17/h3-12,15H,2H2,1H3,(H2,27,29,32)/p+1/t15-/m0/s1. The molecule has 2 amide bonds. The number of aromatic amines is 1. The molecule has 12 heteroatoms. The van der Waals surface area contributed by atoms with Crippen molar-refractivity contribution in [3.63, 3.8) is 0 Å². The van der Waals surface area contributed by atoms with Gasteiger partial charge in [-0.05, 0) is 28.8 Å². The van der Waals surface area contributed by atoms with E-state index in [2.05, 4.69) is 25.4 Å². The smallest absolute Gasteiger partial charge is 0.331 e. The summed E-state index contributed by atoms with van der Waals surface area (Å²) in [6, 6.07) is 13.2. The highest BCUT2D eigenvalue weighted by Crippen LogP contribution is 2.23. The van der Waals surface area contributed by atoms with Gasteiger partial charge in [0, 0.05) is 17.1 Å². The molecule has 0 radical (unpaired) electrons. The molecule has 2 aromatic carbocycles. The van der Waals surface area contributed by atoms with Crippen molar-refractivity contribution < 1.29 is 32.3 Å². The summed E-state index contributed by atoms with van der Waals surface area (Å²) < 4.78 is 39.4. The number of rotatable bonds is 6. The van der Waals surface area contributed by atoms with Gasteiger partial charge in [0.05, 0.1) is 11.6 Å². The summed E-state index contributed by atoms with van der Waals surface area (Å²) in [6.07, 6.45) is -4.54. The molecule has 2 aromatic heterocycles. The maximum Gasteiger partial charge on any atom is 0.495 e. The maximum absolute atomic E-state index is 12.9. The van der Waals surface area contributed by atoms with Crippen molar-refractivity contribution in [2.45, 2.75) is 25.6 Å². The van der Waals surface area contributed by atoms with Gasteiger partial charge in [-0.15, -0.1) is 11.3 Å². The molecule has 0 fully saturated rings. The highest BCUT2D eigenvalue weighted by atomic mass is 32.1. The number of carbonyl (C=O) groups excluding carboxylic acids is 2. The van der Waals surface area contributed by atoms with Gasteiger partial charge in [0.25, 0.3) is 0 Å². The van der Waals surface area contributed by atoms with E-state index in [1.807, 2.05) is 37.3 Å². The highest BCUT2D eigenvalue weighted by molar-refractivity contribution is 7.07. The van der Waals surface area contributed by atoms with Crippen molar-refractivity contribution in [2.24, 2.45) is 0 Å². The monoisotopic (exact) mass is 490 g/mol. The molecule has 2 heterocycles. The predicted octanol–water partition coefficient (Wildman–Crippen LogP) is 4.37. The van der Waals surface area contributed by atoms with E-state index in [-0.39, 0.29) is 28.8 Å². The fraction of sp³-hybridized carbons (Fsp3) is 0.182. The SMILES string of the molecule is CC[C@H](NC(=O)Nc1ccc2[nH]c(-c3cscn3)[n+](OC(=O)C(F)(F)F)c2c1)c1ccccc1.